The molecular weight excluding hydrogens is 563 g/mol. The monoisotopic (exact) mass is 587 g/mol. The van der Waals surface area contributed by atoms with Gasteiger partial charge >= 0.3 is 5.51 Å². The van der Waals surface area contributed by atoms with Gasteiger partial charge in [-0.25, -0.2) is 8.42 Å². The van der Waals surface area contributed by atoms with Crippen LogP contribution in [0.5, 0.6) is 5.75 Å². The molecule has 0 spiro atoms. The minimum atomic E-state index is -6.09. The first-order chi connectivity index (χ1) is 19.3. The van der Waals surface area contributed by atoms with Crippen LogP contribution in [0.2, 0.25) is 0 Å². The molecule has 0 aliphatic carbocycles. The molecule has 2 unspecified atom stereocenters. The lowest BCUT2D eigenvalue weighted by molar-refractivity contribution is -0.600. The molecule has 13 heteroatoms. The fourth-order valence-electron chi connectivity index (χ4n) is 5.18. The van der Waals surface area contributed by atoms with E-state index in [1.165, 1.54) is 6.07 Å². The number of benzene rings is 3. The summed E-state index contributed by atoms with van der Waals surface area (Å²) in [5.41, 5.74) is -2.40. The molecular formula is C28H24F3N3O6S. The van der Waals surface area contributed by atoms with Crippen molar-refractivity contribution in [1.82, 2.24) is 10.3 Å². The van der Waals surface area contributed by atoms with Gasteiger partial charge in [0.2, 0.25) is 11.3 Å². The van der Waals surface area contributed by atoms with Gasteiger partial charge in [-0.15, -0.1) is 0 Å². The van der Waals surface area contributed by atoms with E-state index in [1.54, 1.807) is 19.2 Å². The highest BCUT2D eigenvalue weighted by Crippen LogP contribution is 2.47. The Labute approximate surface area is 231 Å². The third-order valence-electron chi connectivity index (χ3n) is 6.99. The molecule has 9 nitrogen and oxygen atoms in total. The van der Waals surface area contributed by atoms with Crippen LogP contribution in [0.3, 0.4) is 0 Å². The first-order valence-corrected chi connectivity index (χ1v) is 13.7. The van der Waals surface area contributed by atoms with Gasteiger partial charge in [-0.2, -0.15) is 17.7 Å². The number of aromatic nitrogens is 2. The van der Waals surface area contributed by atoms with Crippen LogP contribution in [-0.2, 0) is 15.7 Å². The Morgan fingerprint density at radius 3 is 2.37 bits per heavy atom. The van der Waals surface area contributed by atoms with E-state index < -0.39 is 27.3 Å². The standard InChI is InChI=1S/C27H23N3O3.CHF3O3S/c1-28-15-24(32)16-10-11-23(31)20(14-16)27(33)19-7-3-5-9-22(19)30-13-12-18-17-6-2-4-8-21(17)29-25(18)26(27)30;2-1(3,4)8(5,6)7/h2-14,24,28,31-33H,15H2,1H3;(H,5,6,7). The van der Waals surface area contributed by atoms with E-state index >= 15 is 0 Å². The maximum absolute atomic E-state index is 12.5. The molecule has 0 saturated heterocycles. The van der Waals surface area contributed by atoms with E-state index in [-0.39, 0.29) is 5.75 Å². The molecule has 0 radical (unpaired) electrons. The summed E-state index contributed by atoms with van der Waals surface area (Å²) in [4.78, 5) is 3.49. The number of para-hydroxylation sites is 2. The number of nitrogens with zero attached hydrogens (tertiary/aromatic N) is 1. The number of likely N-dealkylation sites (N-methyl/N-ethyl adjacent to an activating group) is 1. The zero-order valence-corrected chi connectivity index (χ0v) is 22.2. The maximum Gasteiger partial charge on any atom is 0.485 e. The number of halogens is 3. The number of rotatable bonds is 4. The Morgan fingerprint density at radius 2 is 1.68 bits per heavy atom. The topological polar surface area (TPSA) is 150 Å². The number of phenolic OH excluding ortho intramolecular Hbond substituents is 1. The Morgan fingerprint density at radius 1 is 1.02 bits per heavy atom. The first kappa shape index (κ1) is 28.5. The fraction of sp³-hybridized carbons (Fsp3) is 0.179. The van der Waals surface area contributed by atoms with Gasteiger partial charge in [-0.05, 0) is 36.9 Å². The van der Waals surface area contributed by atoms with Crippen molar-refractivity contribution in [2.75, 3.05) is 13.6 Å². The average Bonchev–Trinajstić information content (AvgIpc) is 3.42. The summed E-state index contributed by atoms with van der Waals surface area (Å²) in [7, 11) is -4.32. The second kappa shape index (κ2) is 10.1. The third kappa shape index (κ3) is 4.71. The summed E-state index contributed by atoms with van der Waals surface area (Å²) in [6, 6.07) is 22.7. The molecule has 41 heavy (non-hydrogen) atoms. The Hall–Kier alpha value is -4.01. The lowest BCUT2D eigenvalue weighted by Crippen LogP contribution is -2.37. The normalized spacial score (nSPS) is 17.1. The van der Waals surface area contributed by atoms with Crippen molar-refractivity contribution in [1.29, 1.82) is 0 Å². The van der Waals surface area contributed by atoms with Gasteiger partial charge < -0.3 is 30.2 Å². The van der Waals surface area contributed by atoms with Crippen LogP contribution < -0.4 is 9.88 Å². The number of H-pyrrole nitrogens is 1. The van der Waals surface area contributed by atoms with Crippen molar-refractivity contribution in [2.45, 2.75) is 17.2 Å². The number of aromatic amines is 1. The molecule has 0 amide bonds. The Bertz CT molecular complexity index is 1890. The van der Waals surface area contributed by atoms with Crippen LogP contribution >= 0.6 is 0 Å². The van der Waals surface area contributed by atoms with Crippen LogP contribution in [0.15, 0.2) is 79.0 Å². The van der Waals surface area contributed by atoms with Crippen molar-refractivity contribution in [3.8, 4) is 11.4 Å². The molecule has 6 rings (SSSR count). The second-order valence-corrected chi connectivity index (χ2v) is 10.8. The molecule has 0 saturated carbocycles. The number of pyridine rings is 1. The van der Waals surface area contributed by atoms with Gasteiger partial charge in [-0.1, -0.05) is 36.4 Å². The van der Waals surface area contributed by atoms with Crippen LogP contribution in [0.1, 0.15) is 28.5 Å². The summed E-state index contributed by atoms with van der Waals surface area (Å²) in [5, 5.41) is 39.1. The van der Waals surface area contributed by atoms with E-state index in [1.807, 2.05) is 59.3 Å². The minimum absolute atomic E-state index is 0.0331. The lowest BCUT2D eigenvalue weighted by atomic mass is 9.82. The number of hydrogen-bond donors (Lipinski definition) is 5. The number of aliphatic hydroxyl groups is 2. The largest absolute Gasteiger partial charge is 0.741 e. The molecule has 3 aromatic carbocycles. The van der Waals surface area contributed by atoms with Crippen LogP contribution in [0.4, 0.5) is 13.2 Å². The van der Waals surface area contributed by atoms with Gasteiger partial charge in [0, 0.05) is 40.5 Å². The molecule has 2 atom stereocenters. The van der Waals surface area contributed by atoms with E-state index in [0.717, 1.165) is 27.5 Å². The molecule has 0 bridgehead atoms. The van der Waals surface area contributed by atoms with Crippen molar-refractivity contribution >= 4 is 31.9 Å². The molecule has 2 aromatic heterocycles. The SMILES string of the molecule is CNCC(O)c1ccc(O)c(C2(O)c3ccccc3-[n+]3ccc4c([nH]c5ccccc54)c32)c1.O=S(=O)([O-])C(F)(F)F. The first-order valence-electron chi connectivity index (χ1n) is 12.2. The Kier molecular flexibility index (Phi) is 7.04. The smallest absolute Gasteiger partial charge is 0.485 e. The zero-order chi connectivity index (χ0) is 29.7. The quantitative estimate of drug-likeness (QED) is 0.123. The number of aliphatic hydroxyl groups excluding tert-OH is 1. The van der Waals surface area contributed by atoms with E-state index in [2.05, 4.69) is 16.4 Å². The lowest BCUT2D eigenvalue weighted by Gasteiger charge is -2.23. The predicted octanol–water partition coefficient (Wildman–Crippen LogP) is 3.21. The zero-order valence-electron chi connectivity index (χ0n) is 21.3. The molecule has 5 aromatic rings. The van der Waals surface area contributed by atoms with Gasteiger partial charge in [-0.3, -0.25) is 0 Å². The number of phenols is 1. The highest BCUT2D eigenvalue weighted by atomic mass is 32.2. The molecule has 5 N–H and O–H groups in total. The van der Waals surface area contributed by atoms with Crippen molar-refractivity contribution in [3.05, 3.63) is 101 Å². The van der Waals surface area contributed by atoms with Gasteiger partial charge in [0.25, 0.3) is 5.69 Å². The van der Waals surface area contributed by atoms with Crippen molar-refractivity contribution in [2.24, 2.45) is 0 Å². The van der Waals surface area contributed by atoms with Crippen molar-refractivity contribution in [3.63, 3.8) is 0 Å². The molecule has 214 valence electrons. The van der Waals surface area contributed by atoms with Gasteiger partial charge in [0.1, 0.15) is 11.3 Å². The van der Waals surface area contributed by atoms with Crippen molar-refractivity contribution < 1.29 is 46.0 Å². The second-order valence-electron chi connectivity index (χ2n) is 9.47. The number of alkyl halides is 3. The summed E-state index contributed by atoms with van der Waals surface area (Å²) in [6.45, 7) is 0.358. The summed E-state index contributed by atoms with van der Waals surface area (Å²) < 4.78 is 60.9. The van der Waals surface area contributed by atoms with Crippen LogP contribution in [0, 0.1) is 0 Å². The van der Waals surface area contributed by atoms with Gasteiger partial charge in [0.15, 0.2) is 16.3 Å². The van der Waals surface area contributed by atoms with Gasteiger partial charge in [0.05, 0.1) is 11.7 Å². The highest BCUT2D eigenvalue weighted by Gasteiger charge is 2.54. The molecule has 3 heterocycles. The molecule has 1 aliphatic rings. The molecule has 0 fully saturated rings. The van der Waals surface area contributed by atoms with E-state index in [9.17, 15) is 28.5 Å². The number of hydrogen-bond acceptors (Lipinski definition) is 7. The summed E-state index contributed by atoms with van der Waals surface area (Å²) in [5.74, 6) is -0.0331. The Balaban J connectivity index is 0.000000372. The third-order valence-corrected chi connectivity index (χ3v) is 7.55. The van der Waals surface area contributed by atoms with E-state index in [4.69, 9.17) is 13.0 Å². The minimum Gasteiger partial charge on any atom is -0.741 e. The summed E-state index contributed by atoms with van der Waals surface area (Å²) in [6.07, 6.45) is 1.19. The van der Waals surface area contributed by atoms with E-state index in [0.29, 0.717) is 28.9 Å². The number of fused-ring (bicyclic) bond motifs is 7. The fourth-order valence-corrected chi connectivity index (χ4v) is 5.18. The maximum atomic E-state index is 12.5. The number of aromatic hydroxyl groups is 1. The number of nitrogens with one attached hydrogen (secondary N) is 2. The summed E-state index contributed by atoms with van der Waals surface area (Å²) >= 11 is 0. The van der Waals surface area contributed by atoms with Crippen LogP contribution in [-0.4, -0.2) is 52.4 Å². The predicted molar refractivity (Wildman–Crippen MR) is 142 cm³/mol. The van der Waals surface area contributed by atoms with Crippen LogP contribution in [0.25, 0.3) is 27.5 Å². The highest BCUT2D eigenvalue weighted by molar-refractivity contribution is 7.86. The average molecular weight is 588 g/mol. The molecule has 1 aliphatic heterocycles.